The van der Waals surface area contributed by atoms with Gasteiger partial charge in [0, 0.05) is 0 Å². The van der Waals surface area contributed by atoms with Crippen LogP contribution in [0.3, 0.4) is 0 Å². The van der Waals surface area contributed by atoms with Crippen molar-refractivity contribution in [1.82, 2.24) is 14.8 Å². The SMILES string of the molecule is Cc1ccc(-n2[nH]c(=O)nc2C)cc1. The summed E-state index contributed by atoms with van der Waals surface area (Å²) >= 11 is 0. The van der Waals surface area contributed by atoms with Gasteiger partial charge >= 0.3 is 5.69 Å². The van der Waals surface area contributed by atoms with E-state index in [9.17, 15) is 4.79 Å². The molecular formula is C10H11N3O. The molecule has 1 heterocycles. The van der Waals surface area contributed by atoms with Crippen LogP contribution >= 0.6 is 0 Å². The van der Waals surface area contributed by atoms with Crippen molar-refractivity contribution in [3.8, 4) is 5.69 Å². The summed E-state index contributed by atoms with van der Waals surface area (Å²) in [7, 11) is 0. The molecule has 0 fully saturated rings. The lowest BCUT2D eigenvalue weighted by molar-refractivity contribution is 0.831. The number of nitrogens with zero attached hydrogens (tertiary/aromatic N) is 2. The number of hydrogen-bond acceptors (Lipinski definition) is 2. The molecule has 2 rings (SSSR count). The highest BCUT2D eigenvalue weighted by Crippen LogP contribution is 2.07. The monoisotopic (exact) mass is 189 g/mol. The third-order valence-electron chi connectivity index (χ3n) is 2.09. The zero-order valence-electron chi connectivity index (χ0n) is 8.11. The van der Waals surface area contributed by atoms with E-state index in [1.165, 1.54) is 5.56 Å². The van der Waals surface area contributed by atoms with Gasteiger partial charge in [-0.1, -0.05) is 17.7 Å². The van der Waals surface area contributed by atoms with Crippen molar-refractivity contribution in [2.45, 2.75) is 13.8 Å². The van der Waals surface area contributed by atoms with Crippen molar-refractivity contribution < 1.29 is 0 Å². The third-order valence-corrected chi connectivity index (χ3v) is 2.09. The molecule has 14 heavy (non-hydrogen) atoms. The van der Waals surface area contributed by atoms with Crippen molar-refractivity contribution in [3.63, 3.8) is 0 Å². The van der Waals surface area contributed by atoms with E-state index >= 15 is 0 Å². The first-order valence-electron chi connectivity index (χ1n) is 4.39. The summed E-state index contributed by atoms with van der Waals surface area (Å²) in [6, 6.07) is 7.88. The lowest BCUT2D eigenvalue weighted by atomic mass is 10.2. The molecule has 1 N–H and O–H groups in total. The Labute approximate surface area is 81.2 Å². The summed E-state index contributed by atoms with van der Waals surface area (Å²) in [5.41, 5.74) is 1.79. The molecule has 2 aromatic rings. The molecule has 0 radical (unpaired) electrons. The van der Waals surface area contributed by atoms with Crippen LogP contribution in [0.5, 0.6) is 0 Å². The fourth-order valence-electron chi connectivity index (χ4n) is 1.34. The second-order valence-electron chi connectivity index (χ2n) is 3.25. The summed E-state index contributed by atoms with van der Waals surface area (Å²) in [5.74, 6) is 0.666. The fourth-order valence-corrected chi connectivity index (χ4v) is 1.34. The maximum Gasteiger partial charge on any atom is 0.361 e. The van der Waals surface area contributed by atoms with E-state index in [4.69, 9.17) is 0 Å². The Morgan fingerprint density at radius 3 is 2.36 bits per heavy atom. The number of benzene rings is 1. The van der Waals surface area contributed by atoms with Gasteiger partial charge in [0.05, 0.1) is 5.69 Å². The minimum absolute atomic E-state index is 0.317. The highest BCUT2D eigenvalue weighted by atomic mass is 16.1. The molecule has 0 unspecified atom stereocenters. The Bertz CT molecular complexity index is 493. The van der Waals surface area contributed by atoms with Gasteiger partial charge in [-0.05, 0) is 26.0 Å². The molecule has 4 heteroatoms. The summed E-state index contributed by atoms with van der Waals surface area (Å²) in [4.78, 5) is 14.7. The van der Waals surface area contributed by atoms with Crippen molar-refractivity contribution >= 4 is 0 Å². The molecule has 0 aliphatic carbocycles. The normalized spacial score (nSPS) is 10.4. The topological polar surface area (TPSA) is 50.7 Å². The Kier molecular flexibility index (Phi) is 1.96. The first kappa shape index (κ1) is 8.74. The number of aryl methyl sites for hydroxylation is 2. The van der Waals surface area contributed by atoms with E-state index in [2.05, 4.69) is 10.1 Å². The van der Waals surface area contributed by atoms with Crippen LogP contribution in [-0.4, -0.2) is 14.8 Å². The lowest BCUT2D eigenvalue weighted by Gasteiger charge is -2.03. The van der Waals surface area contributed by atoms with E-state index < -0.39 is 0 Å². The molecule has 1 aromatic carbocycles. The van der Waals surface area contributed by atoms with Gasteiger partial charge in [-0.25, -0.2) is 14.6 Å². The molecule has 0 saturated heterocycles. The molecule has 4 nitrogen and oxygen atoms in total. The van der Waals surface area contributed by atoms with Gasteiger partial charge in [0.1, 0.15) is 5.82 Å². The van der Waals surface area contributed by atoms with Crippen LogP contribution in [0.1, 0.15) is 11.4 Å². The first-order chi connectivity index (χ1) is 6.66. The zero-order chi connectivity index (χ0) is 10.1. The van der Waals surface area contributed by atoms with Crippen molar-refractivity contribution in [1.29, 1.82) is 0 Å². The van der Waals surface area contributed by atoms with E-state index in [1.807, 2.05) is 31.2 Å². The Hall–Kier alpha value is -1.84. The lowest BCUT2D eigenvalue weighted by Crippen LogP contribution is -2.05. The molecule has 1 aromatic heterocycles. The van der Waals surface area contributed by atoms with Gasteiger partial charge in [0.15, 0.2) is 0 Å². The summed E-state index contributed by atoms with van der Waals surface area (Å²) in [5, 5.41) is 2.63. The second kappa shape index (κ2) is 3.14. The molecule has 0 aliphatic rings. The Balaban J connectivity index is 2.54. The van der Waals surface area contributed by atoms with E-state index in [1.54, 1.807) is 11.6 Å². The molecule has 0 spiro atoms. The quantitative estimate of drug-likeness (QED) is 0.732. The molecule has 0 amide bonds. The van der Waals surface area contributed by atoms with Gasteiger partial charge in [0.25, 0.3) is 0 Å². The van der Waals surface area contributed by atoms with E-state index in [-0.39, 0.29) is 5.69 Å². The van der Waals surface area contributed by atoms with Gasteiger partial charge in [-0.15, -0.1) is 0 Å². The number of nitrogens with one attached hydrogen (secondary N) is 1. The molecule has 0 bridgehead atoms. The van der Waals surface area contributed by atoms with Crippen LogP contribution in [-0.2, 0) is 0 Å². The van der Waals surface area contributed by atoms with Crippen LogP contribution in [0.4, 0.5) is 0 Å². The molecule has 0 saturated carbocycles. The predicted octanol–water partition coefficient (Wildman–Crippen LogP) is 1.18. The fraction of sp³-hybridized carbons (Fsp3) is 0.200. The molecule has 72 valence electrons. The Morgan fingerprint density at radius 2 is 1.86 bits per heavy atom. The van der Waals surface area contributed by atoms with E-state index in [0.29, 0.717) is 5.82 Å². The summed E-state index contributed by atoms with van der Waals surface area (Å²) < 4.78 is 1.67. The van der Waals surface area contributed by atoms with Crippen LogP contribution < -0.4 is 5.69 Å². The number of rotatable bonds is 1. The van der Waals surface area contributed by atoms with Crippen molar-refractivity contribution in [2.24, 2.45) is 0 Å². The number of aromatic nitrogens is 3. The number of aromatic amines is 1. The highest BCUT2D eigenvalue weighted by molar-refractivity contribution is 5.33. The predicted molar refractivity (Wildman–Crippen MR) is 53.7 cm³/mol. The number of hydrogen-bond donors (Lipinski definition) is 1. The smallest absolute Gasteiger partial charge is 0.244 e. The Morgan fingerprint density at radius 1 is 1.21 bits per heavy atom. The highest BCUT2D eigenvalue weighted by Gasteiger charge is 2.02. The van der Waals surface area contributed by atoms with Crippen molar-refractivity contribution in [2.75, 3.05) is 0 Å². The van der Waals surface area contributed by atoms with Gasteiger partial charge < -0.3 is 0 Å². The minimum Gasteiger partial charge on any atom is -0.244 e. The number of H-pyrrole nitrogens is 1. The van der Waals surface area contributed by atoms with Crippen molar-refractivity contribution in [3.05, 3.63) is 46.1 Å². The minimum atomic E-state index is -0.317. The average molecular weight is 189 g/mol. The summed E-state index contributed by atoms with van der Waals surface area (Å²) in [6.07, 6.45) is 0. The van der Waals surface area contributed by atoms with Gasteiger partial charge in [0.2, 0.25) is 0 Å². The standard InChI is InChI=1S/C10H11N3O/c1-7-3-5-9(6-4-7)13-8(2)11-10(14)12-13/h3-6H,1-2H3,(H,12,14). The van der Waals surface area contributed by atoms with Crippen LogP contribution in [0, 0.1) is 13.8 Å². The average Bonchev–Trinajstić information content (AvgIpc) is 2.47. The largest absolute Gasteiger partial charge is 0.361 e. The first-order valence-corrected chi connectivity index (χ1v) is 4.39. The van der Waals surface area contributed by atoms with Gasteiger partial charge in [-0.2, -0.15) is 4.98 Å². The molecule has 0 aliphatic heterocycles. The summed E-state index contributed by atoms with van der Waals surface area (Å²) in [6.45, 7) is 3.81. The van der Waals surface area contributed by atoms with Gasteiger partial charge in [-0.3, -0.25) is 0 Å². The molecular weight excluding hydrogens is 178 g/mol. The second-order valence-corrected chi connectivity index (χ2v) is 3.25. The maximum atomic E-state index is 11.0. The van der Waals surface area contributed by atoms with Crippen LogP contribution in [0.25, 0.3) is 5.69 Å². The van der Waals surface area contributed by atoms with Crippen LogP contribution in [0.2, 0.25) is 0 Å². The van der Waals surface area contributed by atoms with Crippen LogP contribution in [0.15, 0.2) is 29.1 Å². The molecule has 0 atom stereocenters. The third kappa shape index (κ3) is 1.46. The maximum absolute atomic E-state index is 11.0. The zero-order valence-corrected chi connectivity index (χ0v) is 8.11. The van der Waals surface area contributed by atoms with E-state index in [0.717, 1.165) is 5.69 Å².